The number of hydrogen-bond acceptors (Lipinski definition) is 4. The molecule has 0 aliphatic carbocycles. The molecule has 0 spiro atoms. The lowest BCUT2D eigenvalue weighted by Crippen LogP contribution is -2.37. The lowest BCUT2D eigenvalue weighted by molar-refractivity contribution is 0.232. The van der Waals surface area contributed by atoms with Gasteiger partial charge < -0.3 is 10.6 Å². The molecule has 1 aromatic heterocycles. The van der Waals surface area contributed by atoms with Gasteiger partial charge in [-0.25, -0.2) is 4.98 Å². The van der Waals surface area contributed by atoms with Crippen molar-refractivity contribution in [2.45, 2.75) is 33.2 Å². The number of pyridine rings is 1. The third-order valence-electron chi connectivity index (χ3n) is 3.95. The van der Waals surface area contributed by atoms with Gasteiger partial charge in [0, 0.05) is 37.1 Å². The highest BCUT2D eigenvalue weighted by molar-refractivity contribution is 5.55. The summed E-state index contributed by atoms with van der Waals surface area (Å²) in [5.41, 5.74) is 7.85. The van der Waals surface area contributed by atoms with Gasteiger partial charge >= 0.3 is 0 Å². The highest BCUT2D eigenvalue weighted by atomic mass is 15.3. The molecule has 4 heteroatoms. The van der Waals surface area contributed by atoms with E-state index >= 15 is 0 Å². The zero-order valence-electron chi connectivity index (χ0n) is 11.7. The molecule has 4 nitrogen and oxygen atoms in total. The lowest BCUT2D eigenvalue weighted by Gasteiger charge is -2.26. The van der Waals surface area contributed by atoms with Crippen LogP contribution in [-0.2, 0) is 0 Å². The lowest BCUT2D eigenvalue weighted by atomic mass is 10.2. The zero-order chi connectivity index (χ0) is 13.1. The summed E-state index contributed by atoms with van der Waals surface area (Å²) in [7, 11) is 0. The SMILES string of the molecule is CCN(CC)C1CCN(c2cc(N)c(C)cn2)C1. The van der Waals surface area contributed by atoms with Gasteiger partial charge in [-0.3, -0.25) is 4.90 Å². The van der Waals surface area contributed by atoms with Gasteiger partial charge in [-0.1, -0.05) is 13.8 Å². The molecule has 0 saturated carbocycles. The molecule has 100 valence electrons. The van der Waals surface area contributed by atoms with Gasteiger partial charge in [0.05, 0.1) is 0 Å². The molecule has 1 aliphatic rings. The summed E-state index contributed by atoms with van der Waals surface area (Å²) in [6, 6.07) is 2.66. The van der Waals surface area contributed by atoms with Gasteiger partial charge in [0.15, 0.2) is 0 Å². The van der Waals surface area contributed by atoms with E-state index in [4.69, 9.17) is 5.73 Å². The molecule has 2 rings (SSSR count). The van der Waals surface area contributed by atoms with Crippen LogP contribution in [0.1, 0.15) is 25.8 Å². The molecular formula is C14H24N4. The van der Waals surface area contributed by atoms with Crippen LogP contribution in [0.15, 0.2) is 12.3 Å². The molecule has 1 saturated heterocycles. The summed E-state index contributed by atoms with van der Waals surface area (Å²) < 4.78 is 0. The molecule has 0 aromatic carbocycles. The number of likely N-dealkylation sites (N-methyl/N-ethyl adjacent to an activating group) is 1. The van der Waals surface area contributed by atoms with Gasteiger partial charge in [-0.2, -0.15) is 0 Å². The molecule has 1 fully saturated rings. The minimum atomic E-state index is 0.657. The number of rotatable bonds is 4. The molecular weight excluding hydrogens is 224 g/mol. The smallest absolute Gasteiger partial charge is 0.130 e. The Labute approximate surface area is 110 Å². The fraction of sp³-hybridized carbons (Fsp3) is 0.643. The largest absolute Gasteiger partial charge is 0.398 e. The van der Waals surface area contributed by atoms with Crippen molar-refractivity contribution in [3.05, 3.63) is 17.8 Å². The second kappa shape index (κ2) is 5.57. The maximum atomic E-state index is 5.96. The number of aromatic nitrogens is 1. The van der Waals surface area contributed by atoms with Crippen LogP contribution >= 0.6 is 0 Å². The topological polar surface area (TPSA) is 45.4 Å². The van der Waals surface area contributed by atoms with Crippen molar-refractivity contribution in [3.63, 3.8) is 0 Å². The summed E-state index contributed by atoms with van der Waals surface area (Å²) in [5.74, 6) is 1.02. The Hall–Kier alpha value is -1.29. The molecule has 2 heterocycles. The Kier molecular flexibility index (Phi) is 4.07. The van der Waals surface area contributed by atoms with E-state index in [1.54, 1.807) is 0 Å². The number of nitrogens with zero attached hydrogens (tertiary/aromatic N) is 3. The minimum absolute atomic E-state index is 0.657. The van der Waals surface area contributed by atoms with Crippen LogP contribution in [0.25, 0.3) is 0 Å². The van der Waals surface area contributed by atoms with E-state index in [1.807, 2.05) is 19.2 Å². The Morgan fingerprint density at radius 2 is 2.17 bits per heavy atom. The van der Waals surface area contributed by atoms with Crippen LogP contribution in [0.2, 0.25) is 0 Å². The molecule has 0 amide bonds. The Balaban J connectivity index is 2.06. The first-order valence-electron chi connectivity index (χ1n) is 6.86. The summed E-state index contributed by atoms with van der Waals surface area (Å²) in [6.45, 7) is 10.8. The molecule has 1 aliphatic heterocycles. The number of aryl methyl sites for hydroxylation is 1. The van der Waals surface area contributed by atoms with Crippen molar-refractivity contribution in [1.82, 2.24) is 9.88 Å². The van der Waals surface area contributed by atoms with Crippen molar-refractivity contribution in [1.29, 1.82) is 0 Å². The quantitative estimate of drug-likeness (QED) is 0.884. The van der Waals surface area contributed by atoms with Crippen LogP contribution in [0.5, 0.6) is 0 Å². The maximum absolute atomic E-state index is 5.96. The van der Waals surface area contributed by atoms with Crippen molar-refractivity contribution in [2.24, 2.45) is 0 Å². The van der Waals surface area contributed by atoms with Crippen LogP contribution < -0.4 is 10.6 Å². The van der Waals surface area contributed by atoms with E-state index in [0.717, 1.165) is 43.2 Å². The number of nitrogens with two attached hydrogens (primary N) is 1. The molecule has 1 unspecified atom stereocenters. The van der Waals surface area contributed by atoms with Crippen LogP contribution in [-0.4, -0.2) is 42.1 Å². The molecule has 1 aromatic rings. The Bertz CT molecular complexity index is 401. The van der Waals surface area contributed by atoms with Crippen molar-refractivity contribution in [3.8, 4) is 0 Å². The second-order valence-electron chi connectivity index (χ2n) is 5.01. The average Bonchev–Trinajstić information content (AvgIpc) is 2.84. The van der Waals surface area contributed by atoms with Crippen LogP contribution in [0.3, 0.4) is 0 Å². The number of nitrogen functional groups attached to an aromatic ring is 1. The van der Waals surface area contributed by atoms with E-state index in [1.165, 1.54) is 6.42 Å². The molecule has 0 bridgehead atoms. The zero-order valence-corrected chi connectivity index (χ0v) is 11.7. The third kappa shape index (κ3) is 2.58. The molecule has 2 N–H and O–H groups in total. The van der Waals surface area contributed by atoms with E-state index in [0.29, 0.717) is 6.04 Å². The predicted octanol–water partition coefficient (Wildman–Crippen LogP) is 1.89. The summed E-state index contributed by atoms with van der Waals surface area (Å²) in [4.78, 5) is 9.37. The molecule has 1 atom stereocenters. The third-order valence-corrected chi connectivity index (χ3v) is 3.95. The van der Waals surface area contributed by atoms with Crippen LogP contribution in [0, 0.1) is 6.92 Å². The Morgan fingerprint density at radius 1 is 1.44 bits per heavy atom. The fourth-order valence-electron chi connectivity index (χ4n) is 2.69. The van der Waals surface area contributed by atoms with Gasteiger partial charge in [0.1, 0.15) is 5.82 Å². The number of hydrogen-bond donors (Lipinski definition) is 1. The average molecular weight is 248 g/mol. The van der Waals surface area contributed by atoms with Crippen molar-refractivity contribution in [2.75, 3.05) is 36.8 Å². The van der Waals surface area contributed by atoms with Gasteiger partial charge in [-0.05, 0) is 32.0 Å². The first-order valence-corrected chi connectivity index (χ1v) is 6.86. The molecule has 18 heavy (non-hydrogen) atoms. The van der Waals surface area contributed by atoms with Crippen molar-refractivity contribution < 1.29 is 0 Å². The van der Waals surface area contributed by atoms with E-state index in [-0.39, 0.29) is 0 Å². The standard InChI is InChI=1S/C14H24N4/c1-4-17(5-2)12-6-7-18(10-12)14-8-13(15)11(3)9-16-14/h8-9,12H,4-7,10H2,1-3H3,(H2,15,16). The fourth-order valence-corrected chi connectivity index (χ4v) is 2.69. The monoisotopic (exact) mass is 248 g/mol. The normalized spacial score (nSPS) is 19.8. The predicted molar refractivity (Wildman–Crippen MR) is 76.9 cm³/mol. The highest BCUT2D eigenvalue weighted by Crippen LogP contribution is 2.23. The van der Waals surface area contributed by atoms with Gasteiger partial charge in [0.25, 0.3) is 0 Å². The maximum Gasteiger partial charge on any atom is 0.130 e. The number of anilines is 2. The summed E-state index contributed by atoms with van der Waals surface area (Å²) in [6.07, 6.45) is 3.09. The van der Waals surface area contributed by atoms with Gasteiger partial charge in [0.2, 0.25) is 0 Å². The summed E-state index contributed by atoms with van der Waals surface area (Å²) >= 11 is 0. The van der Waals surface area contributed by atoms with E-state index in [9.17, 15) is 0 Å². The van der Waals surface area contributed by atoms with E-state index < -0.39 is 0 Å². The van der Waals surface area contributed by atoms with Crippen molar-refractivity contribution >= 4 is 11.5 Å². The molecule has 0 radical (unpaired) electrons. The first kappa shape index (κ1) is 13.1. The van der Waals surface area contributed by atoms with Crippen LogP contribution in [0.4, 0.5) is 11.5 Å². The highest BCUT2D eigenvalue weighted by Gasteiger charge is 2.26. The Morgan fingerprint density at radius 3 is 2.78 bits per heavy atom. The summed E-state index contributed by atoms with van der Waals surface area (Å²) in [5, 5.41) is 0. The second-order valence-corrected chi connectivity index (χ2v) is 5.01. The first-order chi connectivity index (χ1) is 8.65. The van der Waals surface area contributed by atoms with E-state index in [2.05, 4.69) is 28.6 Å². The minimum Gasteiger partial charge on any atom is -0.398 e. The van der Waals surface area contributed by atoms with Gasteiger partial charge in [-0.15, -0.1) is 0 Å².